The molecule has 0 radical (unpaired) electrons. The van der Waals surface area contributed by atoms with Gasteiger partial charge in [0.15, 0.2) is 0 Å². The van der Waals surface area contributed by atoms with E-state index in [2.05, 4.69) is 12.1 Å². The largest absolute Gasteiger partial charge is 0.481 e. The predicted molar refractivity (Wildman–Crippen MR) is 61.1 cm³/mol. The molecule has 0 saturated heterocycles. The van der Waals surface area contributed by atoms with Crippen LogP contribution in [0.25, 0.3) is 0 Å². The first-order valence-corrected chi connectivity index (χ1v) is 6.05. The van der Waals surface area contributed by atoms with E-state index in [4.69, 9.17) is 0 Å². The number of fused-ring (bicyclic) bond motifs is 2. The SMILES string of the molecule is O=C(O)[C@H]1[C@H]2CC[C@@H](C2)[C@H]1c1ccccc1. The molecule has 2 aliphatic carbocycles. The average molecular weight is 216 g/mol. The van der Waals surface area contributed by atoms with Gasteiger partial charge in [-0.3, -0.25) is 4.79 Å². The highest BCUT2D eigenvalue weighted by Gasteiger charge is 2.51. The first-order valence-electron chi connectivity index (χ1n) is 6.05. The van der Waals surface area contributed by atoms with Gasteiger partial charge >= 0.3 is 5.97 Å². The summed E-state index contributed by atoms with van der Waals surface area (Å²) in [5.74, 6) is 0.556. The average Bonchev–Trinajstić information content (AvgIpc) is 2.89. The molecule has 0 unspecified atom stereocenters. The van der Waals surface area contributed by atoms with Crippen LogP contribution in [0, 0.1) is 17.8 Å². The van der Waals surface area contributed by atoms with Crippen molar-refractivity contribution in [2.45, 2.75) is 25.2 Å². The first kappa shape index (κ1) is 9.88. The van der Waals surface area contributed by atoms with Gasteiger partial charge in [0, 0.05) is 5.92 Å². The zero-order chi connectivity index (χ0) is 11.1. The monoisotopic (exact) mass is 216 g/mol. The van der Waals surface area contributed by atoms with E-state index in [1.807, 2.05) is 18.2 Å². The van der Waals surface area contributed by atoms with Crippen LogP contribution < -0.4 is 0 Å². The van der Waals surface area contributed by atoms with Crippen LogP contribution in [0.3, 0.4) is 0 Å². The molecular weight excluding hydrogens is 200 g/mol. The lowest BCUT2D eigenvalue weighted by molar-refractivity contribution is -0.144. The highest BCUT2D eigenvalue weighted by molar-refractivity contribution is 5.72. The second kappa shape index (κ2) is 3.62. The number of hydrogen-bond donors (Lipinski definition) is 1. The van der Waals surface area contributed by atoms with E-state index in [1.165, 1.54) is 12.0 Å². The van der Waals surface area contributed by atoms with E-state index < -0.39 is 5.97 Å². The summed E-state index contributed by atoms with van der Waals surface area (Å²) in [6.07, 6.45) is 3.45. The smallest absolute Gasteiger partial charge is 0.307 e. The van der Waals surface area contributed by atoms with Crippen LogP contribution in [-0.2, 0) is 4.79 Å². The molecule has 1 aromatic carbocycles. The van der Waals surface area contributed by atoms with Crippen LogP contribution in [0.2, 0.25) is 0 Å². The number of aliphatic carboxylic acids is 1. The molecule has 2 fully saturated rings. The number of benzene rings is 1. The fourth-order valence-electron chi connectivity index (χ4n) is 3.80. The molecule has 1 N–H and O–H groups in total. The molecule has 2 saturated carbocycles. The Morgan fingerprint density at radius 3 is 2.50 bits per heavy atom. The molecule has 0 spiro atoms. The quantitative estimate of drug-likeness (QED) is 0.825. The van der Waals surface area contributed by atoms with Crippen molar-refractivity contribution in [2.24, 2.45) is 17.8 Å². The van der Waals surface area contributed by atoms with Crippen molar-refractivity contribution >= 4 is 5.97 Å². The van der Waals surface area contributed by atoms with E-state index >= 15 is 0 Å². The number of hydrogen-bond acceptors (Lipinski definition) is 1. The molecule has 0 heterocycles. The Hall–Kier alpha value is -1.31. The van der Waals surface area contributed by atoms with Gasteiger partial charge < -0.3 is 5.11 Å². The van der Waals surface area contributed by atoms with Gasteiger partial charge in [0.2, 0.25) is 0 Å². The third-order valence-corrected chi connectivity index (χ3v) is 4.39. The third-order valence-electron chi connectivity index (χ3n) is 4.39. The fraction of sp³-hybridized carbons (Fsp3) is 0.500. The molecular formula is C14H16O2. The Labute approximate surface area is 95.3 Å². The summed E-state index contributed by atoms with van der Waals surface area (Å²) >= 11 is 0. The number of carbonyl (C=O) groups is 1. The lowest BCUT2D eigenvalue weighted by atomic mass is 9.75. The summed E-state index contributed by atoms with van der Waals surface area (Å²) in [4.78, 5) is 11.4. The van der Waals surface area contributed by atoms with Crippen LogP contribution >= 0.6 is 0 Å². The molecule has 0 aliphatic heterocycles. The Balaban J connectivity index is 1.97. The zero-order valence-corrected chi connectivity index (χ0v) is 9.17. The van der Waals surface area contributed by atoms with Crippen molar-refractivity contribution in [3.8, 4) is 0 Å². The summed E-state index contributed by atoms with van der Waals surface area (Å²) in [6.45, 7) is 0. The van der Waals surface area contributed by atoms with E-state index in [9.17, 15) is 9.90 Å². The van der Waals surface area contributed by atoms with E-state index in [0.29, 0.717) is 11.8 Å². The van der Waals surface area contributed by atoms with Crippen LogP contribution in [-0.4, -0.2) is 11.1 Å². The lowest BCUT2D eigenvalue weighted by Gasteiger charge is -2.28. The van der Waals surface area contributed by atoms with E-state index in [1.54, 1.807) is 0 Å². The lowest BCUT2D eigenvalue weighted by Crippen LogP contribution is -2.27. The molecule has 84 valence electrons. The highest BCUT2D eigenvalue weighted by atomic mass is 16.4. The molecule has 4 atom stereocenters. The van der Waals surface area contributed by atoms with Crippen molar-refractivity contribution in [1.29, 1.82) is 0 Å². The summed E-state index contributed by atoms with van der Waals surface area (Å²) in [7, 11) is 0. The van der Waals surface area contributed by atoms with Crippen LogP contribution in [0.15, 0.2) is 30.3 Å². The maximum atomic E-state index is 11.4. The number of rotatable bonds is 2. The highest BCUT2D eigenvalue weighted by Crippen LogP contribution is 2.56. The molecule has 2 heteroatoms. The van der Waals surface area contributed by atoms with Gasteiger partial charge in [0.05, 0.1) is 5.92 Å². The molecule has 2 bridgehead atoms. The van der Waals surface area contributed by atoms with Crippen molar-refractivity contribution in [2.75, 3.05) is 0 Å². The molecule has 0 amide bonds. The van der Waals surface area contributed by atoms with Gasteiger partial charge in [0.25, 0.3) is 0 Å². The maximum absolute atomic E-state index is 11.4. The summed E-state index contributed by atoms with van der Waals surface area (Å²) in [5.41, 5.74) is 1.22. The topological polar surface area (TPSA) is 37.3 Å². The van der Waals surface area contributed by atoms with Gasteiger partial charge in [-0.05, 0) is 36.7 Å². The minimum atomic E-state index is -0.596. The van der Waals surface area contributed by atoms with E-state index in [0.717, 1.165) is 12.8 Å². The normalized spacial score (nSPS) is 36.5. The summed E-state index contributed by atoms with van der Waals surface area (Å²) in [6, 6.07) is 10.2. The minimum absolute atomic E-state index is 0.138. The zero-order valence-electron chi connectivity index (χ0n) is 9.17. The van der Waals surface area contributed by atoms with Crippen molar-refractivity contribution in [3.63, 3.8) is 0 Å². The van der Waals surface area contributed by atoms with Crippen molar-refractivity contribution in [1.82, 2.24) is 0 Å². The third kappa shape index (κ3) is 1.36. The Morgan fingerprint density at radius 2 is 1.81 bits per heavy atom. The Kier molecular flexibility index (Phi) is 2.23. The van der Waals surface area contributed by atoms with Gasteiger partial charge in [-0.25, -0.2) is 0 Å². The molecule has 0 aromatic heterocycles. The van der Waals surface area contributed by atoms with Crippen LogP contribution in [0.4, 0.5) is 0 Å². The Morgan fingerprint density at radius 1 is 1.12 bits per heavy atom. The molecule has 16 heavy (non-hydrogen) atoms. The summed E-state index contributed by atoms with van der Waals surface area (Å²) in [5, 5.41) is 9.37. The van der Waals surface area contributed by atoms with Gasteiger partial charge in [-0.1, -0.05) is 30.3 Å². The summed E-state index contributed by atoms with van der Waals surface area (Å²) < 4.78 is 0. The number of carboxylic acids is 1. The predicted octanol–water partition coefficient (Wildman–Crippen LogP) is 2.90. The maximum Gasteiger partial charge on any atom is 0.307 e. The van der Waals surface area contributed by atoms with Gasteiger partial charge in [0.1, 0.15) is 0 Å². The van der Waals surface area contributed by atoms with Crippen molar-refractivity contribution in [3.05, 3.63) is 35.9 Å². The standard InChI is InChI=1S/C14H16O2/c15-14(16)13-11-7-6-10(8-11)12(13)9-4-2-1-3-5-9/h1-5,10-13H,6-8H2,(H,15,16)/t10-,11-,12+,13-/m0/s1. The number of carboxylic acid groups (broad SMARTS) is 1. The molecule has 2 nitrogen and oxygen atoms in total. The van der Waals surface area contributed by atoms with Crippen LogP contribution in [0.5, 0.6) is 0 Å². The second-order valence-corrected chi connectivity index (χ2v) is 5.13. The fourth-order valence-corrected chi connectivity index (χ4v) is 3.80. The van der Waals surface area contributed by atoms with Crippen molar-refractivity contribution < 1.29 is 9.90 Å². The van der Waals surface area contributed by atoms with Gasteiger partial charge in [-0.2, -0.15) is 0 Å². The second-order valence-electron chi connectivity index (χ2n) is 5.13. The van der Waals surface area contributed by atoms with E-state index in [-0.39, 0.29) is 11.8 Å². The van der Waals surface area contributed by atoms with Gasteiger partial charge in [-0.15, -0.1) is 0 Å². The van der Waals surface area contributed by atoms with Crippen LogP contribution in [0.1, 0.15) is 30.7 Å². The molecule has 2 aliphatic rings. The minimum Gasteiger partial charge on any atom is -0.481 e. The molecule has 3 rings (SSSR count). The Bertz CT molecular complexity index is 398. The first-order chi connectivity index (χ1) is 7.77. The molecule has 1 aromatic rings.